The van der Waals surface area contributed by atoms with Gasteiger partial charge >= 0.3 is 0 Å². The standard InChI is InChI=1S/C19H25N3O3/c1-3-22-11-8-16(9-12-22)21-19(23)7-5-15-4-6-17(25-13-10-20)18(14-15)24-2/h4-7,14,16H,3,8-9,11-13H2,1-2H3,(H,21,23)/b7-5+. The highest BCUT2D eigenvalue weighted by Gasteiger charge is 2.18. The van der Waals surface area contributed by atoms with Crippen LogP contribution in [0.25, 0.3) is 6.08 Å². The second-order valence-electron chi connectivity index (χ2n) is 5.91. The first-order valence-corrected chi connectivity index (χ1v) is 8.55. The van der Waals surface area contributed by atoms with Crippen LogP contribution < -0.4 is 14.8 Å². The lowest BCUT2D eigenvalue weighted by Gasteiger charge is -2.31. The van der Waals surface area contributed by atoms with Crippen molar-refractivity contribution >= 4 is 12.0 Å². The predicted molar refractivity (Wildman–Crippen MR) is 96.4 cm³/mol. The van der Waals surface area contributed by atoms with Gasteiger partial charge in [-0.1, -0.05) is 13.0 Å². The molecule has 1 aromatic rings. The average molecular weight is 343 g/mol. The van der Waals surface area contributed by atoms with Crippen LogP contribution in [0, 0.1) is 11.3 Å². The molecule has 6 nitrogen and oxygen atoms in total. The van der Waals surface area contributed by atoms with Gasteiger partial charge in [0.05, 0.1) is 7.11 Å². The van der Waals surface area contributed by atoms with E-state index in [0.29, 0.717) is 11.5 Å². The fourth-order valence-electron chi connectivity index (χ4n) is 2.83. The topological polar surface area (TPSA) is 74.6 Å². The maximum absolute atomic E-state index is 12.1. The van der Waals surface area contributed by atoms with Gasteiger partial charge in [-0.15, -0.1) is 0 Å². The molecule has 0 radical (unpaired) electrons. The molecule has 0 saturated carbocycles. The van der Waals surface area contributed by atoms with Crippen molar-refractivity contribution in [1.29, 1.82) is 5.26 Å². The number of hydrogen-bond acceptors (Lipinski definition) is 5. The Morgan fingerprint density at radius 2 is 2.16 bits per heavy atom. The Balaban J connectivity index is 1.90. The molecule has 1 saturated heterocycles. The molecule has 1 fully saturated rings. The Hall–Kier alpha value is -2.52. The molecule has 0 aliphatic carbocycles. The third-order valence-corrected chi connectivity index (χ3v) is 4.29. The van der Waals surface area contributed by atoms with Gasteiger partial charge in [-0.2, -0.15) is 5.26 Å². The number of rotatable bonds is 7. The zero-order valence-corrected chi connectivity index (χ0v) is 14.8. The van der Waals surface area contributed by atoms with Crippen LogP contribution in [0.5, 0.6) is 11.5 Å². The highest BCUT2D eigenvalue weighted by atomic mass is 16.5. The van der Waals surface area contributed by atoms with Crippen LogP contribution >= 0.6 is 0 Å². The molecule has 0 bridgehead atoms. The molecule has 6 heteroatoms. The molecule has 134 valence electrons. The lowest BCUT2D eigenvalue weighted by atomic mass is 10.1. The van der Waals surface area contributed by atoms with Crippen LogP contribution in [0.1, 0.15) is 25.3 Å². The Morgan fingerprint density at radius 1 is 1.40 bits per heavy atom. The van der Waals surface area contributed by atoms with Gasteiger partial charge in [-0.25, -0.2) is 0 Å². The van der Waals surface area contributed by atoms with Crippen molar-refractivity contribution in [3.8, 4) is 17.6 Å². The summed E-state index contributed by atoms with van der Waals surface area (Å²) in [5, 5.41) is 11.6. The smallest absolute Gasteiger partial charge is 0.244 e. The highest BCUT2D eigenvalue weighted by Crippen LogP contribution is 2.28. The molecular formula is C19H25N3O3. The maximum Gasteiger partial charge on any atom is 0.244 e. The second kappa shape index (κ2) is 9.70. The highest BCUT2D eigenvalue weighted by molar-refractivity contribution is 5.92. The van der Waals surface area contributed by atoms with Crippen LogP contribution in [-0.4, -0.2) is 50.2 Å². The Morgan fingerprint density at radius 3 is 2.80 bits per heavy atom. The summed E-state index contributed by atoms with van der Waals surface area (Å²) in [6.07, 6.45) is 5.27. The molecule has 1 aliphatic heterocycles. The van der Waals surface area contributed by atoms with Gasteiger partial charge in [0.2, 0.25) is 5.91 Å². The number of hydrogen-bond donors (Lipinski definition) is 1. The number of likely N-dealkylation sites (tertiary alicyclic amines) is 1. The van der Waals surface area contributed by atoms with E-state index in [0.717, 1.165) is 38.0 Å². The van der Waals surface area contributed by atoms with E-state index in [1.165, 1.54) is 13.2 Å². The van der Waals surface area contributed by atoms with E-state index < -0.39 is 0 Å². The first-order valence-electron chi connectivity index (χ1n) is 8.55. The average Bonchev–Trinajstić information content (AvgIpc) is 2.65. The number of piperidine rings is 1. The number of benzene rings is 1. The Kier molecular flexibility index (Phi) is 7.30. The van der Waals surface area contributed by atoms with Crippen molar-refractivity contribution in [2.24, 2.45) is 0 Å². The summed E-state index contributed by atoms with van der Waals surface area (Å²) in [5.41, 5.74) is 0.831. The van der Waals surface area contributed by atoms with Crippen molar-refractivity contribution in [3.05, 3.63) is 29.8 Å². The molecule has 1 heterocycles. The predicted octanol–water partition coefficient (Wildman–Crippen LogP) is 2.21. The molecule has 0 aromatic heterocycles. The van der Waals surface area contributed by atoms with E-state index in [1.54, 1.807) is 18.2 Å². The summed E-state index contributed by atoms with van der Waals surface area (Å²) in [5.74, 6) is 0.955. The van der Waals surface area contributed by atoms with Crippen LogP contribution in [0.2, 0.25) is 0 Å². The maximum atomic E-state index is 12.1. The Bertz CT molecular complexity index is 644. The van der Waals surface area contributed by atoms with Crippen LogP contribution in [-0.2, 0) is 4.79 Å². The quantitative estimate of drug-likeness (QED) is 0.768. The van der Waals surface area contributed by atoms with Gasteiger partial charge in [0.25, 0.3) is 0 Å². The molecule has 1 aromatic carbocycles. The SMILES string of the molecule is CCN1CCC(NC(=O)/C=C/c2ccc(OCC#N)c(OC)c2)CC1. The van der Waals surface area contributed by atoms with Gasteiger partial charge in [-0.3, -0.25) is 4.79 Å². The van der Waals surface area contributed by atoms with Crippen molar-refractivity contribution in [1.82, 2.24) is 10.2 Å². The number of nitrogens with one attached hydrogen (secondary N) is 1. The van der Waals surface area contributed by atoms with E-state index >= 15 is 0 Å². The number of nitriles is 1. The molecule has 2 rings (SSSR count). The zero-order valence-electron chi connectivity index (χ0n) is 14.8. The van der Waals surface area contributed by atoms with Crippen molar-refractivity contribution < 1.29 is 14.3 Å². The third kappa shape index (κ3) is 5.80. The minimum Gasteiger partial charge on any atom is -0.493 e. The fraction of sp³-hybridized carbons (Fsp3) is 0.474. The lowest BCUT2D eigenvalue weighted by Crippen LogP contribution is -2.44. The molecule has 0 atom stereocenters. The number of methoxy groups -OCH3 is 1. The molecule has 1 amide bonds. The summed E-state index contributed by atoms with van der Waals surface area (Å²) in [6.45, 7) is 5.26. The summed E-state index contributed by atoms with van der Waals surface area (Å²) in [7, 11) is 1.54. The van der Waals surface area contributed by atoms with E-state index in [4.69, 9.17) is 14.7 Å². The first-order chi connectivity index (χ1) is 12.2. The summed E-state index contributed by atoms with van der Waals surface area (Å²) in [6, 6.07) is 7.49. The van der Waals surface area contributed by atoms with E-state index in [9.17, 15) is 4.79 Å². The van der Waals surface area contributed by atoms with Gasteiger partial charge in [-0.05, 0) is 43.2 Å². The number of nitrogens with zero attached hydrogens (tertiary/aromatic N) is 2. The third-order valence-electron chi connectivity index (χ3n) is 4.29. The summed E-state index contributed by atoms with van der Waals surface area (Å²) < 4.78 is 10.5. The number of amides is 1. The minimum atomic E-state index is -0.0845. The van der Waals surface area contributed by atoms with E-state index in [-0.39, 0.29) is 18.6 Å². The van der Waals surface area contributed by atoms with Crippen LogP contribution in [0.3, 0.4) is 0 Å². The largest absolute Gasteiger partial charge is 0.493 e. The second-order valence-corrected chi connectivity index (χ2v) is 5.91. The summed E-state index contributed by atoms with van der Waals surface area (Å²) >= 11 is 0. The molecule has 1 N–H and O–H groups in total. The normalized spacial score (nSPS) is 15.7. The van der Waals surface area contributed by atoms with Crippen molar-refractivity contribution in [3.63, 3.8) is 0 Å². The zero-order chi connectivity index (χ0) is 18.1. The van der Waals surface area contributed by atoms with Gasteiger partial charge in [0, 0.05) is 25.2 Å². The molecule has 0 spiro atoms. The molecular weight excluding hydrogens is 318 g/mol. The number of carbonyl (C=O) groups is 1. The van der Waals surface area contributed by atoms with Crippen LogP contribution in [0.15, 0.2) is 24.3 Å². The van der Waals surface area contributed by atoms with Gasteiger partial charge in [0.1, 0.15) is 6.07 Å². The molecule has 0 unspecified atom stereocenters. The number of ether oxygens (including phenoxy) is 2. The van der Waals surface area contributed by atoms with Crippen molar-refractivity contribution in [2.75, 3.05) is 33.4 Å². The fourth-order valence-corrected chi connectivity index (χ4v) is 2.83. The lowest BCUT2D eigenvalue weighted by molar-refractivity contribution is -0.117. The van der Waals surface area contributed by atoms with Gasteiger partial charge < -0.3 is 19.7 Å². The summed E-state index contributed by atoms with van der Waals surface area (Å²) in [4.78, 5) is 14.5. The first kappa shape index (κ1) is 18.8. The van der Waals surface area contributed by atoms with E-state index in [2.05, 4.69) is 17.1 Å². The van der Waals surface area contributed by atoms with Gasteiger partial charge in [0.15, 0.2) is 18.1 Å². The monoisotopic (exact) mass is 343 g/mol. The van der Waals surface area contributed by atoms with Crippen molar-refractivity contribution in [2.45, 2.75) is 25.8 Å². The minimum absolute atomic E-state index is 0.0369. The van der Waals surface area contributed by atoms with Crippen LogP contribution in [0.4, 0.5) is 0 Å². The number of carbonyl (C=O) groups excluding carboxylic acids is 1. The Labute approximate surface area is 149 Å². The molecule has 25 heavy (non-hydrogen) atoms. The van der Waals surface area contributed by atoms with E-state index in [1.807, 2.05) is 12.1 Å². The molecule has 1 aliphatic rings.